The molecule has 0 aliphatic carbocycles. The van der Waals surface area contributed by atoms with E-state index in [-0.39, 0.29) is 17.9 Å². The number of carbonyl (C=O) groups is 1. The van der Waals surface area contributed by atoms with E-state index in [1.165, 1.54) is 5.82 Å². The van der Waals surface area contributed by atoms with Crippen molar-refractivity contribution < 1.29 is 18.3 Å². The number of para-hydroxylation sites is 1. The van der Waals surface area contributed by atoms with Gasteiger partial charge in [0.25, 0.3) is 0 Å². The molecular formula is C14H13N2O5P. The third kappa shape index (κ3) is 2.68. The molecule has 8 heteroatoms. The number of urea groups is 1. The molecule has 1 unspecified atom stereocenters. The monoisotopic (exact) mass is 320 g/mol. The predicted octanol–water partition coefficient (Wildman–Crippen LogP) is 2.63. The average Bonchev–Trinajstić information content (AvgIpc) is 2.45. The highest BCUT2D eigenvalue weighted by atomic mass is 31.2. The number of fused-ring (bicyclic) bond motifs is 1. The second kappa shape index (κ2) is 5.44. The fraction of sp³-hybridized carbons (Fsp3) is 0.143. The molecule has 1 aliphatic heterocycles. The number of amides is 2. The molecule has 1 aromatic carbocycles. The van der Waals surface area contributed by atoms with E-state index in [9.17, 15) is 14.2 Å². The minimum Gasteiger partial charge on any atom is -0.422 e. The molecule has 1 aromatic heterocycles. The second-order valence-electron chi connectivity index (χ2n) is 4.61. The standard InChI is InChI=1S/C14H13N2O5P/c1-2-20-22(19)8-11(15-14(18)16-22)10-7-9-5-3-4-6-12(9)21-13(10)17/h3-8H,2H2,1H3,(H2,15,16,18,19). The Morgan fingerprint density at radius 3 is 2.82 bits per heavy atom. The zero-order valence-electron chi connectivity index (χ0n) is 11.7. The van der Waals surface area contributed by atoms with E-state index in [1.807, 2.05) is 0 Å². The summed E-state index contributed by atoms with van der Waals surface area (Å²) in [6, 6.07) is 7.87. The third-order valence-electron chi connectivity index (χ3n) is 3.06. The molecule has 2 heterocycles. The summed E-state index contributed by atoms with van der Waals surface area (Å²) in [5.74, 6) is 1.22. The second-order valence-corrected chi connectivity index (χ2v) is 6.54. The highest BCUT2D eigenvalue weighted by molar-refractivity contribution is 7.61. The molecule has 22 heavy (non-hydrogen) atoms. The Morgan fingerprint density at radius 2 is 2.05 bits per heavy atom. The van der Waals surface area contributed by atoms with Crippen LogP contribution in [0, 0.1) is 0 Å². The lowest BCUT2D eigenvalue weighted by Crippen LogP contribution is -2.37. The van der Waals surface area contributed by atoms with Gasteiger partial charge >= 0.3 is 19.2 Å². The quantitative estimate of drug-likeness (QED) is 0.669. The fourth-order valence-corrected chi connectivity index (χ4v) is 3.64. The number of rotatable bonds is 3. The molecule has 3 rings (SSSR count). The van der Waals surface area contributed by atoms with Gasteiger partial charge in [-0.2, -0.15) is 0 Å². The van der Waals surface area contributed by atoms with Gasteiger partial charge in [0.15, 0.2) is 0 Å². The summed E-state index contributed by atoms with van der Waals surface area (Å²) >= 11 is 0. The molecule has 1 atom stereocenters. The number of hydrogen-bond acceptors (Lipinski definition) is 5. The molecule has 0 saturated carbocycles. The summed E-state index contributed by atoms with van der Waals surface area (Å²) in [6.07, 6.45) is 0. The lowest BCUT2D eigenvalue weighted by atomic mass is 10.1. The fourth-order valence-electron chi connectivity index (χ4n) is 2.17. The normalized spacial score (nSPS) is 21.1. The zero-order valence-corrected chi connectivity index (χ0v) is 12.6. The van der Waals surface area contributed by atoms with E-state index >= 15 is 0 Å². The van der Waals surface area contributed by atoms with Crippen LogP contribution in [0.1, 0.15) is 12.5 Å². The van der Waals surface area contributed by atoms with Crippen molar-refractivity contribution in [2.75, 3.05) is 6.61 Å². The Labute approximate surface area is 125 Å². The van der Waals surface area contributed by atoms with Crippen LogP contribution in [-0.2, 0) is 9.09 Å². The summed E-state index contributed by atoms with van der Waals surface area (Å²) in [4.78, 5) is 23.8. The van der Waals surface area contributed by atoms with Crippen LogP contribution >= 0.6 is 7.52 Å². The molecule has 0 bridgehead atoms. The van der Waals surface area contributed by atoms with Gasteiger partial charge in [-0.3, -0.25) is 9.65 Å². The molecule has 7 nitrogen and oxygen atoms in total. The van der Waals surface area contributed by atoms with Crippen LogP contribution in [0.5, 0.6) is 0 Å². The molecular weight excluding hydrogens is 307 g/mol. The topological polar surface area (TPSA) is 97.6 Å². The van der Waals surface area contributed by atoms with Crippen molar-refractivity contribution in [1.82, 2.24) is 10.4 Å². The van der Waals surface area contributed by atoms with Gasteiger partial charge in [0, 0.05) is 11.2 Å². The summed E-state index contributed by atoms with van der Waals surface area (Å²) in [5.41, 5.74) is 0.0359. The van der Waals surface area contributed by atoms with Gasteiger partial charge in [0.1, 0.15) is 5.58 Å². The Morgan fingerprint density at radius 1 is 1.27 bits per heavy atom. The van der Waals surface area contributed by atoms with E-state index in [4.69, 9.17) is 8.94 Å². The maximum Gasteiger partial charge on any atom is 0.345 e. The van der Waals surface area contributed by atoms with E-state index < -0.39 is 19.2 Å². The van der Waals surface area contributed by atoms with Gasteiger partial charge in [-0.15, -0.1) is 0 Å². The lowest BCUT2D eigenvalue weighted by Gasteiger charge is -2.22. The molecule has 1 aliphatic rings. The Balaban J connectivity index is 2.15. The molecule has 114 valence electrons. The summed E-state index contributed by atoms with van der Waals surface area (Å²) in [5, 5.41) is 5.37. The maximum atomic E-state index is 12.4. The summed E-state index contributed by atoms with van der Waals surface area (Å²) in [6.45, 7) is 1.82. The SMILES string of the molecule is CCOP1(=O)C=C(c2cc3ccccc3oc2=O)NC(=O)N1. The molecule has 2 aromatic rings. The number of benzene rings is 1. The molecule has 0 saturated heterocycles. The van der Waals surface area contributed by atoms with Crippen LogP contribution in [0.15, 0.2) is 45.4 Å². The average molecular weight is 320 g/mol. The highest BCUT2D eigenvalue weighted by Gasteiger charge is 2.30. The van der Waals surface area contributed by atoms with E-state index in [0.29, 0.717) is 11.0 Å². The molecule has 0 spiro atoms. The van der Waals surface area contributed by atoms with Gasteiger partial charge < -0.3 is 14.3 Å². The molecule has 0 radical (unpaired) electrons. The molecule has 0 fully saturated rings. The predicted molar refractivity (Wildman–Crippen MR) is 81.4 cm³/mol. The van der Waals surface area contributed by atoms with Crippen LogP contribution in [0.2, 0.25) is 0 Å². The Kier molecular flexibility index (Phi) is 3.60. The first-order valence-electron chi connectivity index (χ1n) is 6.60. The van der Waals surface area contributed by atoms with Crippen molar-refractivity contribution in [3.05, 3.63) is 52.1 Å². The van der Waals surface area contributed by atoms with Crippen molar-refractivity contribution in [1.29, 1.82) is 0 Å². The van der Waals surface area contributed by atoms with Crippen molar-refractivity contribution in [2.24, 2.45) is 0 Å². The zero-order chi connectivity index (χ0) is 15.7. The van der Waals surface area contributed by atoms with Crippen molar-refractivity contribution in [3.63, 3.8) is 0 Å². The first-order valence-corrected chi connectivity index (χ1v) is 8.30. The molecule has 2 N–H and O–H groups in total. The third-order valence-corrected chi connectivity index (χ3v) is 4.81. The van der Waals surface area contributed by atoms with E-state index in [0.717, 1.165) is 0 Å². The molecule has 2 amide bonds. The van der Waals surface area contributed by atoms with Crippen LogP contribution in [-0.4, -0.2) is 12.6 Å². The minimum absolute atomic E-state index is 0.111. The summed E-state index contributed by atoms with van der Waals surface area (Å²) in [7, 11) is -3.48. The maximum absolute atomic E-state index is 12.4. The van der Waals surface area contributed by atoms with Crippen LogP contribution in [0.3, 0.4) is 0 Å². The number of nitrogens with one attached hydrogen (secondary N) is 2. The van der Waals surface area contributed by atoms with Crippen LogP contribution in [0.25, 0.3) is 16.7 Å². The van der Waals surface area contributed by atoms with Gasteiger partial charge in [0.05, 0.1) is 17.9 Å². The number of hydrogen-bond donors (Lipinski definition) is 2. The van der Waals surface area contributed by atoms with Crippen LogP contribution in [0.4, 0.5) is 4.79 Å². The Hall–Kier alpha value is -2.37. The number of carbonyl (C=O) groups excluding carboxylic acids is 1. The van der Waals surface area contributed by atoms with Crippen molar-refractivity contribution >= 4 is 30.2 Å². The summed E-state index contributed by atoms with van der Waals surface area (Å²) < 4.78 is 22.7. The van der Waals surface area contributed by atoms with E-state index in [2.05, 4.69) is 10.4 Å². The highest BCUT2D eigenvalue weighted by Crippen LogP contribution is 2.47. The first kappa shape index (κ1) is 14.6. The first-order chi connectivity index (χ1) is 10.5. The smallest absolute Gasteiger partial charge is 0.345 e. The van der Waals surface area contributed by atoms with Crippen LogP contribution < -0.4 is 16.0 Å². The van der Waals surface area contributed by atoms with Gasteiger partial charge in [-0.1, -0.05) is 18.2 Å². The lowest BCUT2D eigenvalue weighted by molar-refractivity contribution is 0.246. The van der Waals surface area contributed by atoms with E-state index in [1.54, 1.807) is 37.3 Å². The van der Waals surface area contributed by atoms with Crippen molar-refractivity contribution in [3.8, 4) is 0 Å². The van der Waals surface area contributed by atoms with Gasteiger partial charge in [0.2, 0.25) is 0 Å². The Bertz CT molecular complexity index is 886. The minimum atomic E-state index is -3.48. The van der Waals surface area contributed by atoms with Gasteiger partial charge in [-0.05, 0) is 19.1 Å². The van der Waals surface area contributed by atoms with Crippen molar-refractivity contribution in [2.45, 2.75) is 6.92 Å². The largest absolute Gasteiger partial charge is 0.422 e. The van der Waals surface area contributed by atoms with Gasteiger partial charge in [-0.25, -0.2) is 9.59 Å².